The van der Waals surface area contributed by atoms with E-state index in [1.807, 2.05) is 0 Å². The van der Waals surface area contributed by atoms with E-state index in [0.717, 1.165) is 25.7 Å². The van der Waals surface area contributed by atoms with E-state index in [1.54, 1.807) is 0 Å². The number of carbonyl (C=O) groups excluding carboxylic acids is 1. The van der Waals surface area contributed by atoms with Crippen molar-refractivity contribution in [3.05, 3.63) is 0 Å². The minimum atomic E-state index is -1.11. The van der Waals surface area contributed by atoms with E-state index in [9.17, 15) is 9.59 Å². The van der Waals surface area contributed by atoms with Gasteiger partial charge in [-0.2, -0.15) is 0 Å². The van der Waals surface area contributed by atoms with Gasteiger partial charge in [-0.3, -0.25) is 4.79 Å². The normalized spacial score (nSPS) is 18.5. The number of carboxylic acid groups (broad SMARTS) is 1. The lowest BCUT2D eigenvalue weighted by Gasteiger charge is -2.13. The Bertz CT molecular complexity index is 239. The van der Waals surface area contributed by atoms with Gasteiger partial charge in [0.15, 0.2) is 0 Å². The molecule has 0 bridgehead atoms. The molecule has 0 heterocycles. The van der Waals surface area contributed by atoms with E-state index >= 15 is 0 Å². The van der Waals surface area contributed by atoms with Crippen molar-refractivity contribution in [1.82, 2.24) is 10.6 Å². The number of hydrogen-bond donors (Lipinski definition) is 4. The Kier molecular flexibility index (Phi) is 4.36. The number of rotatable bonds is 4. The third-order valence-electron chi connectivity index (χ3n) is 2.49. The van der Waals surface area contributed by atoms with Crippen molar-refractivity contribution < 1.29 is 14.7 Å². The monoisotopic (exact) mass is 215 g/mol. The minimum absolute atomic E-state index is 0.0477. The minimum Gasteiger partial charge on any atom is -0.480 e. The predicted molar refractivity (Wildman–Crippen MR) is 54.4 cm³/mol. The Balaban J connectivity index is 2.15. The van der Waals surface area contributed by atoms with Gasteiger partial charge in [0, 0.05) is 12.6 Å². The molecule has 0 aromatic rings. The molecule has 0 aromatic carbocycles. The Morgan fingerprint density at radius 2 is 2.00 bits per heavy atom. The lowest BCUT2D eigenvalue weighted by Crippen LogP contribution is -2.47. The van der Waals surface area contributed by atoms with Crippen molar-refractivity contribution in [3.63, 3.8) is 0 Å². The molecule has 1 rings (SSSR count). The van der Waals surface area contributed by atoms with Gasteiger partial charge in [0.1, 0.15) is 6.04 Å². The van der Waals surface area contributed by atoms with Crippen LogP contribution in [0.2, 0.25) is 0 Å². The van der Waals surface area contributed by atoms with Gasteiger partial charge in [-0.25, -0.2) is 4.79 Å². The van der Waals surface area contributed by atoms with Gasteiger partial charge in [0.05, 0.1) is 0 Å². The second kappa shape index (κ2) is 5.55. The maximum Gasteiger partial charge on any atom is 0.322 e. The molecule has 0 radical (unpaired) electrons. The summed E-state index contributed by atoms with van der Waals surface area (Å²) in [6.07, 6.45) is 4.27. The molecule has 1 aliphatic rings. The molecule has 6 nitrogen and oxygen atoms in total. The van der Waals surface area contributed by atoms with Gasteiger partial charge in [-0.05, 0) is 12.8 Å². The molecule has 0 aromatic heterocycles. The summed E-state index contributed by atoms with van der Waals surface area (Å²) in [5.74, 6) is -1.11. The largest absolute Gasteiger partial charge is 0.480 e. The summed E-state index contributed by atoms with van der Waals surface area (Å²) in [5.41, 5.74) is 5.23. The Labute approximate surface area is 88.2 Å². The lowest BCUT2D eigenvalue weighted by atomic mass is 10.2. The summed E-state index contributed by atoms with van der Waals surface area (Å²) in [5, 5.41) is 13.7. The SMILES string of the molecule is NC(CNC(=O)NC1CCCC1)C(=O)O. The third kappa shape index (κ3) is 4.16. The van der Waals surface area contributed by atoms with E-state index < -0.39 is 12.0 Å². The lowest BCUT2D eigenvalue weighted by molar-refractivity contribution is -0.138. The summed E-state index contributed by atoms with van der Waals surface area (Å²) >= 11 is 0. The van der Waals surface area contributed by atoms with E-state index in [2.05, 4.69) is 10.6 Å². The number of nitrogens with two attached hydrogens (primary N) is 1. The fraction of sp³-hybridized carbons (Fsp3) is 0.778. The predicted octanol–water partition coefficient (Wildman–Crippen LogP) is -0.360. The third-order valence-corrected chi connectivity index (χ3v) is 2.49. The first kappa shape index (κ1) is 11.8. The summed E-state index contributed by atoms with van der Waals surface area (Å²) in [6.45, 7) is -0.0477. The van der Waals surface area contributed by atoms with Crippen LogP contribution >= 0.6 is 0 Å². The van der Waals surface area contributed by atoms with E-state index in [1.165, 1.54) is 0 Å². The van der Waals surface area contributed by atoms with Crippen LogP contribution in [0.5, 0.6) is 0 Å². The Hall–Kier alpha value is -1.30. The summed E-state index contributed by atoms with van der Waals surface area (Å²) in [7, 11) is 0. The van der Waals surface area contributed by atoms with Crippen LogP contribution in [0, 0.1) is 0 Å². The molecule has 0 spiro atoms. The Morgan fingerprint density at radius 3 is 2.53 bits per heavy atom. The average Bonchev–Trinajstić information content (AvgIpc) is 2.66. The van der Waals surface area contributed by atoms with Crippen molar-refractivity contribution in [2.24, 2.45) is 5.73 Å². The zero-order chi connectivity index (χ0) is 11.3. The average molecular weight is 215 g/mol. The standard InChI is InChI=1S/C9H17N3O3/c10-7(8(13)14)5-11-9(15)12-6-3-1-2-4-6/h6-7H,1-5,10H2,(H,13,14)(H2,11,12,15). The first-order valence-electron chi connectivity index (χ1n) is 5.12. The topological polar surface area (TPSA) is 104 Å². The zero-order valence-electron chi connectivity index (χ0n) is 8.53. The van der Waals surface area contributed by atoms with Gasteiger partial charge >= 0.3 is 12.0 Å². The molecular formula is C9H17N3O3. The molecule has 15 heavy (non-hydrogen) atoms. The van der Waals surface area contributed by atoms with Crippen molar-refractivity contribution in [3.8, 4) is 0 Å². The molecule has 86 valence electrons. The van der Waals surface area contributed by atoms with Crippen LogP contribution in [-0.4, -0.2) is 35.7 Å². The molecule has 1 aliphatic carbocycles. The smallest absolute Gasteiger partial charge is 0.322 e. The van der Waals surface area contributed by atoms with Crippen molar-refractivity contribution in [2.45, 2.75) is 37.8 Å². The molecule has 1 saturated carbocycles. The number of amides is 2. The number of urea groups is 1. The number of carbonyl (C=O) groups is 2. The van der Waals surface area contributed by atoms with Crippen LogP contribution in [0.4, 0.5) is 4.79 Å². The van der Waals surface area contributed by atoms with Gasteiger partial charge in [0.2, 0.25) is 0 Å². The second-order valence-corrected chi connectivity index (χ2v) is 3.78. The van der Waals surface area contributed by atoms with Crippen molar-refractivity contribution in [1.29, 1.82) is 0 Å². The maximum absolute atomic E-state index is 11.3. The summed E-state index contributed by atoms with van der Waals surface area (Å²) in [4.78, 5) is 21.6. The van der Waals surface area contributed by atoms with E-state index in [0.29, 0.717) is 0 Å². The van der Waals surface area contributed by atoms with Gasteiger partial charge in [-0.1, -0.05) is 12.8 Å². The van der Waals surface area contributed by atoms with E-state index in [-0.39, 0.29) is 18.6 Å². The number of hydrogen-bond acceptors (Lipinski definition) is 3. The summed E-state index contributed by atoms with van der Waals surface area (Å²) < 4.78 is 0. The zero-order valence-corrected chi connectivity index (χ0v) is 8.53. The van der Waals surface area contributed by atoms with Crippen molar-refractivity contribution >= 4 is 12.0 Å². The second-order valence-electron chi connectivity index (χ2n) is 3.78. The highest BCUT2D eigenvalue weighted by molar-refractivity contribution is 5.77. The molecule has 1 fully saturated rings. The molecule has 0 aliphatic heterocycles. The fourth-order valence-corrected chi connectivity index (χ4v) is 1.60. The van der Waals surface area contributed by atoms with Gasteiger partial charge in [-0.15, -0.1) is 0 Å². The Morgan fingerprint density at radius 1 is 1.40 bits per heavy atom. The van der Waals surface area contributed by atoms with Crippen LogP contribution in [0.1, 0.15) is 25.7 Å². The number of nitrogens with one attached hydrogen (secondary N) is 2. The number of carboxylic acids is 1. The van der Waals surface area contributed by atoms with Gasteiger partial charge < -0.3 is 21.5 Å². The first-order chi connectivity index (χ1) is 7.09. The van der Waals surface area contributed by atoms with Crippen LogP contribution in [-0.2, 0) is 4.79 Å². The first-order valence-corrected chi connectivity index (χ1v) is 5.12. The summed E-state index contributed by atoms with van der Waals surface area (Å²) in [6, 6.07) is -1.15. The molecule has 6 heteroatoms. The van der Waals surface area contributed by atoms with Crippen LogP contribution in [0.25, 0.3) is 0 Å². The number of aliphatic carboxylic acids is 1. The molecular weight excluding hydrogens is 198 g/mol. The molecule has 1 atom stereocenters. The van der Waals surface area contributed by atoms with Crippen molar-refractivity contribution in [2.75, 3.05) is 6.54 Å². The fourth-order valence-electron chi connectivity index (χ4n) is 1.60. The molecule has 1 unspecified atom stereocenters. The highest BCUT2D eigenvalue weighted by Gasteiger charge is 2.18. The van der Waals surface area contributed by atoms with E-state index in [4.69, 9.17) is 10.8 Å². The molecule has 0 saturated heterocycles. The van der Waals surface area contributed by atoms with Crippen LogP contribution in [0.15, 0.2) is 0 Å². The van der Waals surface area contributed by atoms with Crippen LogP contribution < -0.4 is 16.4 Å². The highest BCUT2D eigenvalue weighted by Crippen LogP contribution is 2.17. The molecule has 2 amide bonds. The maximum atomic E-state index is 11.3. The highest BCUT2D eigenvalue weighted by atomic mass is 16.4. The molecule has 5 N–H and O–H groups in total. The van der Waals surface area contributed by atoms with Crippen LogP contribution in [0.3, 0.4) is 0 Å². The quantitative estimate of drug-likeness (QED) is 0.514. The van der Waals surface area contributed by atoms with Gasteiger partial charge in [0.25, 0.3) is 0 Å².